The molecule has 0 amide bonds. The fourth-order valence-corrected chi connectivity index (χ4v) is 2.85. The van der Waals surface area contributed by atoms with Crippen LogP contribution in [0.5, 0.6) is 0 Å². The zero-order valence-corrected chi connectivity index (χ0v) is 12.1. The zero-order valence-electron chi connectivity index (χ0n) is 10.5. The molecule has 0 fully saturated rings. The molecule has 0 atom stereocenters. The van der Waals surface area contributed by atoms with Gasteiger partial charge >= 0.3 is 5.63 Å². The fourth-order valence-electron chi connectivity index (χ4n) is 1.83. The standard InChI is InChI=1S/C12H6ClN3O4S/c1-5-9-11(21-15-5)14-10(20-12(9)17)7-3-2-6(16(18)19)4-8(7)13/h2-4H,1H3. The summed E-state index contributed by atoms with van der Waals surface area (Å²) in [6.07, 6.45) is 0. The molecule has 21 heavy (non-hydrogen) atoms. The molecule has 7 nitrogen and oxygen atoms in total. The number of halogens is 1. The molecule has 0 aliphatic heterocycles. The molecule has 0 unspecified atom stereocenters. The Balaban J connectivity index is 2.21. The van der Waals surface area contributed by atoms with E-state index in [9.17, 15) is 14.9 Å². The van der Waals surface area contributed by atoms with Crippen molar-refractivity contribution in [3.63, 3.8) is 0 Å². The summed E-state index contributed by atoms with van der Waals surface area (Å²) >= 11 is 7.08. The lowest BCUT2D eigenvalue weighted by Crippen LogP contribution is -2.02. The summed E-state index contributed by atoms with van der Waals surface area (Å²) in [5, 5.41) is 11.1. The monoisotopic (exact) mass is 323 g/mol. The molecular weight excluding hydrogens is 318 g/mol. The van der Waals surface area contributed by atoms with Crippen molar-refractivity contribution >= 4 is 39.0 Å². The topological polar surface area (TPSA) is 99.1 Å². The first-order valence-electron chi connectivity index (χ1n) is 5.69. The van der Waals surface area contributed by atoms with Crippen LogP contribution in [0.1, 0.15) is 5.69 Å². The first-order chi connectivity index (χ1) is 9.97. The summed E-state index contributed by atoms with van der Waals surface area (Å²) in [6, 6.07) is 3.84. The number of hydrogen-bond acceptors (Lipinski definition) is 7. The molecule has 0 spiro atoms. The van der Waals surface area contributed by atoms with Gasteiger partial charge in [-0.2, -0.15) is 9.36 Å². The Morgan fingerprint density at radius 3 is 2.86 bits per heavy atom. The SMILES string of the molecule is Cc1nsc2nc(-c3ccc([N+](=O)[O-])cc3Cl)oc(=O)c12. The van der Waals surface area contributed by atoms with Gasteiger partial charge in [0, 0.05) is 12.1 Å². The third-order valence-electron chi connectivity index (χ3n) is 2.84. The number of nitrogens with zero attached hydrogens (tertiary/aromatic N) is 3. The third kappa shape index (κ3) is 2.28. The van der Waals surface area contributed by atoms with Gasteiger partial charge in [0.25, 0.3) is 5.69 Å². The van der Waals surface area contributed by atoms with Crippen LogP contribution in [0.25, 0.3) is 21.7 Å². The Hall–Kier alpha value is -2.32. The van der Waals surface area contributed by atoms with Gasteiger partial charge in [-0.1, -0.05) is 11.6 Å². The number of nitro benzene ring substituents is 1. The van der Waals surface area contributed by atoms with Gasteiger partial charge in [0.1, 0.15) is 5.39 Å². The van der Waals surface area contributed by atoms with Crippen molar-refractivity contribution in [2.24, 2.45) is 0 Å². The Labute approximate surface area is 126 Å². The summed E-state index contributed by atoms with van der Waals surface area (Å²) in [5.74, 6) is 0.0102. The Morgan fingerprint density at radius 1 is 1.43 bits per heavy atom. The normalized spacial score (nSPS) is 11.0. The second-order valence-corrected chi connectivity index (χ2v) is 5.33. The van der Waals surface area contributed by atoms with E-state index >= 15 is 0 Å². The molecular formula is C12H6ClN3O4S. The van der Waals surface area contributed by atoms with Crippen molar-refractivity contribution in [2.45, 2.75) is 6.92 Å². The van der Waals surface area contributed by atoms with E-state index in [2.05, 4.69) is 9.36 Å². The van der Waals surface area contributed by atoms with Crippen LogP contribution in [-0.4, -0.2) is 14.3 Å². The van der Waals surface area contributed by atoms with Crippen molar-refractivity contribution in [1.29, 1.82) is 0 Å². The van der Waals surface area contributed by atoms with Crippen LogP contribution in [0.2, 0.25) is 5.02 Å². The number of fused-ring (bicyclic) bond motifs is 1. The first kappa shape index (κ1) is 13.7. The highest BCUT2D eigenvalue weighted by atomic mass is 35.5. The number of rotatable bonds is 2. The van der Waals surface area contributed by atoms with Crippen LogP contribution < -0.4 is 5.63 Å². The molecule has 0 saturated heterocycles. The Bertz CT molecular complexity index is 934. The molecule has 2 heterocycles. The van der Waals surface area contributed by atoms with Gasteiger partial charge in [-0.05, 0) is 24.5 Å². The van der Waals surface area contributed by atoms with Crippen molar-refractivity contribution < 1.29 is 9.34 Å². The lowest BCUT2D eigenvalue weighted by Gasteiger charge is -2.02. The maximum absolute atomic E-state index is 11.9. The molecule has 9 heteroatoms. The minimum Gasteiger partial charge on any atom is -0.403 e. The predicted octanol–water partition coefficient (Wildman–Crippen LogP) is 3.18. The zero-order chi connectivity index (χ0) is 15.1. The van der Waals surface area contributed by atoms with E-state index in [-0.39, 0.29) is 16.6 Å². The average Bonchev–Trinajstić information content (AvgIpc) is 2.80. The highest BCUT2D eigenvalue weighted by Gasteiger charge is 2.17. The predicted molar refractivity (Wildman–Crippen MR) is 77.8 cm³/mol. The molecule has 106 valence electrons. The number of aryl methyl sites for hydroxylation is 1. The van der Waals surface area contributed by atoms with Gasteiger partial charge < -0.3 is 4.42 Å². The molecule has 0 N–H and O–H groups in total. The highest BCUT2D eigenvalue weighted by Crippen LogP contribution is 2.30. The maximum atomic E-state index is 11.9. The molecule has 0 saturated carbocycles. The van der Waals surface area contributed by atoms with Crippen molar-refractivity contribution in [1.82, 2.24) is 9.36 Å². The van der Waals surface area contributed by atoms with Gasteiger partial charge in [0.05, 0.1) is 21.2 Å². The lowest BCUT2D eigenvalue weighted by atomic mass is 10.2. The second-order valence-electron chi connectivity index (χ2n) is 4.18. The Kier molecular flexibility index (Phi) is 3.19. The van der Waals surface area contributed by atoms with E-state index in [1.54, 1.807) is 6.92 Å². The lowest BCUT2D eigenvalue weighted by molar-refractivity contribution is -0.384. The van der Waals surface area contributed by atoms with Crippen LogP contribution >= 0.6 is 23.1 Å². The highest BCUT2D eigenvalue weighted by molar-refractivity contribution is 7.12. The van der Waals surface area contributed by atoms with Crippen molar-refractivity contribution in [2.75, 3.05) is 0 Å². The average molecular weight is 324 g/mol. The molecule has 0 radical (unpaired) electrons. The van der Waals surface area contributed by atoms with Gasteiger partial charge in [0.2, 0.25) is 5.89 Å². The van der Waals surface area contributed by atoms with Gasteiger partial charge in [-0.25, -0.2) is 4.79 Å². The summed E-state index contributed by atoms with van der Waals surface area (Å²) in [4.78, 5) is 26.7. The van der Waals surface area contributed by atoms with Crippen LogP contribution in [0.4, 0.5) is 5.69 Å². The molecule has 3 aromatic rings. The fraction of sp³-hybridized carbons (Fsp3) is 0.0833. The van der Waals surface area contributed by atoms with E-state index in [0.717, 1.165) is 11.5 Å². The number of nitro groups is 1. The minimum absolute atomic E-state index is 0.0102. The molecule has 0 aliphatic carbocycles. The summed E-state index contributed by atoms with van der Waals surface area (Å²) < 4.78 is 9.19. The number of non-ortho nitro benzene ring substituents is 1. The summed E-state index contributed by atoms with van der Waals surface area (Å²) in [5.41, 5.74) is 0.154. The second kappa shape index (κ2) is 4.90. The van der Waals surface area contributed by atoms with Crippen LogP contribution in [0, 0.1) is 17.0 Å². The third-order valence-corrected chi connectivity index (χ3v) is 3.98. The maximum Gasteiger partial charge on any atom is 0.349 e. The summed E-state index contributed by atoms with van der Waals surface area (Å²) in [6.45, 7) is 1.69. The first-order valence-corrected chi connectivity index (χ1v) is 6.84. The minimum atomic E-state index is -0.561. The van der Waals surface area contributed by atoms with Gasteiger partial charge in [-0.15, -0.1) is 0 Å². The molecule has 1 aromatic carbocycles. The molecule has 0 bridgehead atoms. The van der Waals surface area contributed by atoms with Gasteiger partial charge in [-0.3, -0.25) is 10.1 Å². The van der Waals surface area contributed by atoms with Crippen LogP contribution in [0.3, 0.4) is 0 Å². The van der Waals surface area contributed by atoms with E-state index in [4.69, 9.17) is 16.0 Å². The van der Waals surface area contributed by atoms with E-state index in [1.807, 2.05) is 0 Å². The van der Waals surface area contributed by atoms with E-state index in [0.29, 0.717) is 21.5 Å². The summed E-state index contributed by atoms with van der Waals surface area (Å²) in [7, 11) is 0. The molecule has 0 aliphatic rings. The van der Waals surface area contributed by atoms with E-state index in [1.165, 1.54) is 18.2 Å². The quantitative estimate of drug-likeness (QED) is 0.530. The van der Waals surface area contributed by atoms with Crippen LogP contribution in [-0.2, 0) is 0 Å². The number of benzene rings is 1. The molecule has 3 rings (SSSR count). The molecule has 2 aromatic heterocycles. The van der Waals surface area contributed by atoms with E-state index < -0.39 is 10.5 Å². The number of hydrogen-bond donors (Lipinski definition) is 0. The Morgan fingerprint density at radius 2 is 2.19 bits per heavy atom. The van der Waals surface area contributed by atoms with Crippen molar-refractivity contribution in [3.8, 4) is 11.5 Å². The smallest absolute Gasteiger partial charge is 0.349 e. The van der Waals surface area contributed by atoms with Gasteiger partial charge in [0.15, 0.2) is 4.83 Å². The van der Waals surface area contributed by atoms with Crippen LogP contribution in [0.15, 0.2) is 27.4 Å². The van der Waals surface area contributed by atoms with Crippen molar-refractivity contribution in [3.05, 3.63) is 49.5 Å². The largest absolute Gasteiger partial charge is 0.403 e. The number of aromatic nitrogens is 2.